The van der Waals surface area contributed by atoms with Gasteiger partial charge in [0.1, 0.15) is 11.6 Å². The van der Waals surface area contributed by atoms with Gasteiger partial charge in [0.25, 0.3) is 0 Å². The molecule has 1 heterocycles. The fourth-order valence-electron chi connectivity index (χ4n) is 1.35. The molecule has 0 fully saturated rings. The smallest absolute Gasteiger partial charge is 0.433 e. The Bertz CT molecular complexity index is 665. The van der Waals surface area contributed by atoms with Crippen molar-refractivity contribution in [3.8, 4) is 11.6 Å². The Labute approximate surface area is 120 Å². The van der Waals surface area contributed by atoms with E-state index in [0.717, 1.165) is 12.1 Å². The Morgan fingerprint density at radius 1 is 1.19 bits per heavy atom. The maximum Gasteiger partial charge on any atom is 0.433 e. The summed E-state index contributed by atoms with van der Waals surface area (Å²) in [5.74, 6) is 3.42. The number of halogens is 5. The van der Waals surface area contributed by atoms with E-state index in [0.29, 0.717) is 6.07 Å². The van der Waals surface area contributed by atoms with Gasteiger partial charge in [-0.25, -0.2) is 15.2 Å². The molecule has 0 saturated heterocycles. The number of aromatic nitrogens is 2. The van der Waals surface area contributed by atoms with Crippen molar-refractivity contribution < 1.29 is 22.3 Å². The van der Waals surface area contributed by atoms with E-state index in [1.54, 1.807) is 0 Å². The highest BCUT2D eigenvalue weighted by Crippen LogP contribution is 2.32. The Balaban J connectivity index is 2.36. The standard InChI is InChI=1S/C11H7ClF4N4O/c12-6-3-5(1-2-7(6)13)21-9-4-8(11(14,15)16)18-10(19-9)20-17/h1-4H,17H2,(H,18,19,20). The summed E-state index contributed by atoms with van der Waals surface area (Å²) < 4.78 is 56.0. The van der Waals surface area contributed by atoms with E-state index >= 15 is 0 Å². The molecule has 0 atom stereocenters. The van der Waals surface area contributed by atoms with E-state index in [2.05, 4.69) is 9.97 Å². The minimum atomic E-state index is -4.70. The molecule has 1 aromatic carbocycles. The first kappa shape index (κ1) is 15.3. The van der Waals surface area contributed by atoms with Crippen LogP contribution in [0.25, 0.3) is 0 Å². The van der Waals surface area contributed by atoms with E-state index in [1.165, 1.54) is 6.07 Å². The van der Waals surface area contributed by atoms with Gasteiger partial charge in [0.2, 0.25) is 11.8 Å². The monoisotopic (exact) mass is 322 g/mol. The molecular weight excluding hydrogens is 316 g/mol. The first-order valence-corrected chi connectivity index (χ1v) is 5.73. The molecule has 5 nitrogen and oxygen atoms in total. The molecule has 112 valence electrons. The molecule has 0 radical (unpaired) electrons. The molecule has 10 heteroatoms. The zero-order valence-electron chi connectivity index (χ0n) is 10.1. The van der Waals surface area contributed by atoms with E-state index < -0.39 is 29.5 Å². The van der Waals surface area contributed by atoms with Gasteiger partial charge >= 0.3 is 6.18 Å². The summed E-state index contributed by atoms with van der Waals surface area (Å²) in [7, 11) is 0. The SMILES string of the molecule is NNc1nc(Oc2ccc(F)c(Cl)c2)cc(C(F)(F)F)n1. The molecule has 1 aromatic heterocycles. The summed E-state index contributed by atoms with van der Waals surface area (Å²) in [6.45, 7) is 0. The number of ether oxygens (including phenoxy) is 1. The van der Waals surface area contributed by atoms with Crippen LogP contribution in [0.3, 0.4) is 0 Å². The average Bonchev–Trinajstić information content (AvgIpc) is 2.41. The number of hydrogen-bond donors (Lipinski definition) is 2. The van der Waals surface area contributed by atoms with E-state index in [9.17, 15) is 17.6 Å². The van der Waals surface area contributed by atoms with Crippen LogP contribution in [0.1, 0.15) is 5.69 Å². The Morgan fingerprint density at radius 2 is 1.90 bits per heavy atom. The molecule has 0 aliphatic heterocycles. The Morgan fingerprint density at radius 3 is 2.48 bits per heavy atom. The third-order valence-electron chi connectivity index (χ3n) is 2.24. The van der Waals surface area contributed by atoms with Gasteiger partial charge in [-0.3, -0.25) is 5.43 Å². The van der Waals surface area contributed by atoms with E-state index in [1.807, 2.05) is 5.43 Å². The van der Waals surface area contributed by atoms with Crippen molar-refractivity contribution in [3.05, 3.63) is 40.8 Å². The lowest BCUT2D eigenvalue weighted by atomic mass is 10.3. The summed E-state index contributed by atoms with van der Waals surface area (Å²) >= 11 is 5.54. The summed E-state index contributed by atoms with van der Waals surface area (Å²) in [6.07, 6.45) is -4.70. The second-order valence-corrected chi connectivity index (χ2v) is 4.14. The molecule has 0 aliphatic carbocycles. The van der Waals surface area contributed by atoms with Crippen LogP contribution >= 0.6 is 11.6 Å². The highest BCUT2D eigenvalue weighted by molar-refractivity contribution is 6.30. The lowest BCUT2D eigenvalue weighted by Gasteiger charge is -2.11. The van der Waals surface area contributed by atoms with Gasteiger partial charge in [0, 0.05) is 12.1 Å². The van der Waals surface area contributed by atoms with Gasteiger partial charge in [-0.1, -0.05) is 11.6 Å². The predicted octanol–water partition coefficient (Wildman–Crippen LogP) is 3.37. The summed E-state index contributed by atoms with van der Waals surface area (Å²) in [5, 5.41) is -0.241. The van der Waals surface area contributed by atoms with Gasteiger partial charge in [-0.15, -0.1) is 0 Å². The van der Waals surface area contributed by atoms with Crippen LogP contribution < -0.4 is 16.0 Å². The fourth-order valence-corrected chi connectivity index (χ4v) is 1.52. The number of hydrazine groups is 1. The van der Waals surface area contributed by atoms with Crippen molar-refractivity contribution in [1.29, 1.82) is 0 Å². The van der Waals surface area contributed by atoms with Crippen LogP contribution in [-0.2, 0) is 6.18 Å². The largest absolute Gasteiger partial charge is 0.439 e. The van der Waals surface area contributed by atoms with Crippen LogP contribution in [0.2, 0.25) is 5.02 Å². The first-order valence-electron chi connectivity index (χ1n) is 5.35. The van der Waals surface area contributed by atoms with Gasteiger partial charge in [0.15, 0.2) is 5.69 Å². The lowest BCUT2D eigenvalue weighted by molar-refractivity contribution is -0.141. The highest BCUT2D eigenvalue weighted by atomic mass is 35.5. The van der Waals surface area contributed by atoms with Crippen molar-refractivity contribution in [2.45, 2.75) is 6.18 Å². The molecule has 0 aliphatic rings. The first-order chi connectivity index (χ1) is 9.79. The number of nitrogens with one attached hydrogen (secondary N) is 1. The molecule has 21 heavy (non-hydrogen) atoms. The number of benzene rings is 1. The third-order valence-corrected chi connectivity index (χ3v) is 2.53. The quantitative estimate of drug-likeness (QED) is 0.515. The molecule has 0 saturated carbocycles. The number of nitrogens with zero attached hydrogens (tertiary/aromatic N) is 2. The predicted molar refractivity (Wildman–Crippen MR) is 66.3 cm³/mol. The summed E-state index contributed by atoms with van der Waals surface area (Å²) in [6, 6.07) is 3.87. The van der Waals surface area contributed by atoms with Gasteiger partial charge in [0.05, 0.1) is 5.02 Å². The summed E-state index contributed by atoms with van der Waals surface area (Å²) in [5.41, 5.74) is 0.656. The third kappa shape index (κ3) is 3.70. The van der Waals surface area contributed by atoms with E-state index in [-0.39, 0.29) is 10.8 Å². The Kier molecular flexibility index (Phi) is 4.14. The van der Waals surface area contributed by atoms with Crippen LogP contribution in [0.5, 0.6) is 11.6 Å². The molecule has 0 amide bonds. The zero-order chi connectivity index (χ0) is 15.6. The van der Waals surface area contributed by atoms with Crippen molar-refractivity contribution in [2.75, 3.05) is 5.43 Å². The number of nitrogens with two attached hydrogens (primary N) is 1. The van der Waals surface area contributed by atoms with Crippen LogP contribution in [0.4, 0.5) is 23.5 Å². The van der Waals surface area contributed by atoms with Crippen LogP contribution in [0, 0.1) is 5.82 Å². The molecule has 0 unspecified atom stereocenters. The number of hydrogen-bond acceptors (Lipinski definition) is 5. The van der Waals surface area contributed by atoms with E-state index in [4.69, 9.17) is 22.2 Å². The molecular formula is C11H7ClF4N4O. The van der Waals surface area contributed by atoms with Gasteiger partial charge in [-0.05, 0) is 12.1 Å². The van der Waals surface area contributed by atoms with Crippen LogP contribution in [-0.4, -0.2) is 9.97 Å². The number of rotatable bonds is 3. The molecule has 2 aromatic rings. The van der Waals surface area contributed by atoms with Gasteiger partial charge < -0.3 is 4.74 Å². The minimum Gasteiger partial charge on any atom is -0.439 e. The van der Waals surface area contributed by atoms with Crippen LogP contribution in [0.15, 0.2) is 24.3 Å². The van der Waals surface area contributed by atoms with Crippen molar-refractivity contribution >= 4 is 17.5 Å². The highest BCUT2D eigenvalue weighted by Gasteiger charge is 2.34. The molecule has 0 bridgehead atoms. The normalized spacial score (nSPS) is 11.3. The molecule has 0 spiro atoms. The second kappa shape index (κ2) is 5.70. The maximum absolute atomic E-state index is 13.0. The fraction of sp³-hybridized carbons (Fsp3) is 0.0909. The number of nitrogen functional groups attached to an aromatic ring is 1. The average molecular weight is 323 g/mol. The van der Waals surface area contributed by atoms with Crippen molar-refractivity contribution in [3.63, 3.8) is 0 Å². The van der Waals surface area contributed by atoms with Crippen molar-refractivity contribution in [2.24, 2.45) is 5.84 Å². The van der Waals surface area contributed by atoms with Gasteiger partial charge in [-0.2, -0.15) is 18.2 Å². The maximum atomic E-state index is 13.0. The zero-order valence-corrected chi connectivity index (χ0v) is 10.8. The lowest BCUT2D eigenvalue weighted by Crippen LogP contribution is -2.15. The number of anilines is 1. The molecule has 3 N–H and O–H groups in total. The number of alkyl halides is 3. The van der Waals surface area contributed by atoms with Crippen molar-refractivity contribution in [1.82, 2.24) is 9.97 Å². The molecule has 2 rings (SSSR count). The topological polar surface area (TPSA) is 73.1 Å². The second-order valence-electron chi connectivity index (χ2n) is 3.74. The summed E-state index contributed by atoms with van der Waals surface area (Å²) in [4.78, 5) is 6.76. The minimum absolute atomic E-state index is 0.0104. The Hall–Kier alpha value is -2.13.